The number of furan rings is 1. The molecule has 0 fully saturated rings. The van der Waals surface area contributed by atoms with E-state index in [1.807, 2.05) is 0 Å². The fourth-order valence-electron chi connectivity index (χ4n) is 13.6. The summed E-state index contributed by atoms with van der Waals surface area (Å²) in [5.41, 5.74) is 23.8. The summed E-state index contributed by atoms with van der Waals surface area (Å²) in [5, 5.41) is 4.83. The van der Waals surface area contributed by atoms with Gasteiger partial charge in [-0.15, -0.1) is 0 Å². The second-order valence-corrected chi connectivity index (χ2v) is 20.5. The predicted octanol–water partition coefficient (Wildman–Crippen LogP) is 14.5. The van der Waals surface area contributed by atoms with Crippen LogP contribution in [0, 0.1) is 0 Å². The molecule has 9 aromatic carbocycles. The fraction of sp³-hybridized carbons (Fsp3) is 0.148. The summed E-state index contributed by atoms with van der Waals surface area (Å²) in [6, 6.07) is 67.2. The number of anilines is 5. The minimum absolute atomic E-state index is 0.0295. The van der Waals surface area contributed by atoms with Crippen molar-refractivity contribution in [2.45, 2.75) is 56.8 Å². The van der Waals surface area contributed by atoms with E-state index in [-0.39, 0.29) is 17.7 Å². The molecule has 1 aromatic heterocycles. The molecule has 3 aliphatic heterocycles. The average Bonchev–Trinajstić information content (AvgIpc) is 3.86. The van der Waals surface area contributed by atoms with Gasteiger partial charge in [-0.05, 0) is 138 Å². The highest BCUT2D eigenvalue weighted by Crippen LogP contribution is 2.64. The Kier molecular flexibility index (Phi) is 6.71. The average molecular weight is 833 g/mol. The van der Waals surface area contributed by atoms with E-state index in [1.54, 1.807) is 0 Å². The molecule has 0 saturated carbocycles. The molecule has 3 nitrogen and oxygen atoms in total. The summed E-state index contributed by atoms with van der Waals surface area (Å²) >= 11 is 0. The summed E-state index contributed by atoms with van der Waals surface area (Å²) in [6.07, 6.45) is 2.33. The van der Waals surface area contributed by atoms with Gasteiger partial charge in [0.15, 0.2) is 0 Å². The zero-order valence-corrected chi connectivity index (χ0v) is 37.0. The van der Waals surface area contributed by atoms with Gasteiger partial charge in [0.1, 0.15) is 11.2 Å². The first-order valence-electron chi connectivity index (χ1n) is 23.4. The first-order valence-corrected chi connectivity index (χ1v) is 23.4. The van der Waals surface area contributed by atoms with Gasteiger partial charge < -0.3 is 14.1 Å². The van der Waals surface area contributed by atoms with Crippen LogP contribution in [-0.2, 0) is 16.2 Å². The van der Waals surface area contributed by atoms with Crippen LogP contribution < -0.4 is 20.6 Å². The molecule has 2 aliphatic carbocycles. The third kappa shape index (κ3) is 4.30. The van der Waals surface area contributed by atoms with Crippen LogP contribution in [0.15, 0.2) is 180 Å². The van der Waals surface area contributed by atoms with Gasteiger partial charge in [0.2, 0.25) is 0 Å². The molecular weight excluding hydrogens is 787 g/mol. The lowest BCUT2D eigenvalue weighted by Gasteiger charge is -2.52. The molecular formula is C61H45BN2O. The van der Waals surface area contributed by atoms with Crippen LogP contribution in [0.5, 0.6) is 0 Å². The van der Waals surface area contributed by atoms with Crippen LogP contribution in [0.3, 0.4) is 0 Å². The van der Waals surface area contributed by atoms with Crippen molar-refractivity contribution in [1.29, 1.82) is 0 Å². The maximum atomic E-state index is 6.80. The molecule has 4 heteroatoms. The van der Waals surface area contributed by atoms with Gasteiger partial charge in [-0.25, -0.2) is 0 Å². The van der Waals surface area contributed by atoms with E-state index in [2.05, 4.69) is 213 Å². The number of nitrogens with zero attached hydrogens (tertiary/aromatic N) is 2. The molecule has 0 unspecified atom stereocenters. The maximum Gasteiger partial charge on any atom is 0.333 e. The third-order valence-corrected chi connectivity index (χ3v) is 16.5. The Labute approximate surface area is 379 Å². The Morgan fingerprint density at radius 3 is 1.94 bits per heavy atom. The van der Waals surface area contributed by atoms with Crippen LogP contribution in [0.1, 0.15) is 73.9 Å². The van der Waals surface area contributed by atoms with Crippen molar-refractivity contribution in [3.05, 3.63) is 209 Å². The smallest absolute Gasteiger partial charge is 0.333 e. The molecule has 0 atom stereocenters. The standard InChI is InChI=1S/C61H45BN2O/c1-59(2)32-33-60(3,4)48-35-37(28-30-45(48)59)64-57-42(29-31-53-55(57)41-20-9-14-27-52(41)65-53)54-38-17-6-5-16-36(38)34-51-56(54)62(64)49-25-15-24-47-58(49)63(51)50-26-13-12-23-46(50)61(47)43-21-10-7-18-39(43)40-19-8-11-22-44(40)61/h5-31,34-35H,32-33H2,1-4H3. The molecule has 1 spiro atoms. The van der Waals surface area contributed by atoms with Crippen LogP contribution in [-0.4, -0.2) is 6.85 Å². The van der Waals surface area contributed by atoms with E-state index in [9.17, 15) is 0 Å². The van der Waals surface area contributed by atoms with Crippen molar-refractivity contribution in [2.24, 2.45) is 0 Å². The molecule has 65 heavy (non-hydrogen) atoms. The minimum atomic E-state index is -0.518. The summed E-state index contributed by atoms with van der Waals surface area (Å²) in [6.45, 7) is 9.62. The quantitative estimate of drug-likeness (QED) is 0.154. The predicted molar refractivity (Wildman–Crippen MR) is 271 cm³/mol. The highest BCUT2D eigenvalue weighted by molar-refractivity contribution is 6.94. The van der Waals surface area contributed by atoms with Crippen LogP contribution in [0.4, 0.5) is 28.4 Å². The topological polar surface area (TPSA) is 19.6 Å². The first-order chi connectivity index (χ1) is 31.8. The van der Waals surface area contributed by atoms with Crippen molar-refractivity contribution >= 4 is 78.9 Å². The third-order valence-electron chi connectivity index (χ3n) is 16.5. The van der Waals surface area contributed by atoms with E-state index in [1.165, 1.54) is 118 Å². The molecule has 0 radical (unpaired) electrons. The van der Waals surface area contributed by atoms with E-state index in [0.29, 0.717) is 0 Å². The van der Waals surface area contributed by atoms with Gasteiger partial charge in [0, 0.05) is 33.7 Å². The van der Waals surface area contributed by atoms with E-state index < -0.39 is 5.41 Å². The number of hydrogen-bond acceptors (Lipinski definition) is 3. The van der Waals surface area contributed by atoms with Gasteiger partial charge in [0.05, 0.1) is 16.5 Å². The summed E-state index contributed by atoms with van der Waals surface area (Å²) in [7, 11) is 0. The Morgan fingerprint density at radius 1 is 0.477 bits per heavy atom. The SMILES string of the molecule is CC1(C)CCC(C)(C)c2cc(N3B4c5cccc6c5N(c5ccccc5C65c6ccccc6-c6ccccc65)c5cc6ccccc6c(c54)-c4ccc5oc6ccccc6c5c43)ccc21. The Hall–Kier alpha value is -7.30. The van der Waals surface area contributed by atoms with Gasteiger partial charge in [-0.3, -0.25) is 0 Å². The van der Waals surface area contributed by atoms with E-state index in [0.717, 1.165) is 23.0 Å². The summed E-state index contributed by atoms with van der Waals surface area (Å²) in [5.74, 6) is 0. The molecule has 0 N–H and O–H groups in total. The minimum Gasteiger partial charge on any atom is -0.456 e. The molecule has 0 saturated heterocycles. The second-order valence-electron chi connectivity index (χ2n) is 20.5. The largest absolute Gasteiger partial charge is 0.456 e. The summed E-state index contributed by atoms with van der Waals surface area (Å²) < 4.78 is 6.80. The maximum absolute atomic E-state index is 6.80. The Morgan fingerprint density at radius 2 is 1.14 bits per heavy atom. The Bertz CT molecular complexity index is 3730. The molecule has 15 rings (SSSR count). The lowest BCUT2D eigenvalue weighted by atomic mass is 9.42. The van der Waals surface area contributed by atoms with Gasteiger partial charge in [0.25, 0.3) is 0 Å². The van der Waals surface area contributed by atoms with E-state index in [4.69, 9.17) is 4.42 Å². The lowest BCUT2D eigenvalue weighted by Crippen LogP contribution is -2.62. The monoisotopic (exact) mass is 832 g/mol. The zero-order valence-electron chi connectivity index (χ0n) is 37.0. The molecule has 5 aliphatic rings. The van der Waals surface area contributed by atoms with Gasteiger partial charge in [-0.1, -0.05) is 161 Å². The molecule has 0 amide bonds. The van der Waals surface area contributed by atoms with Crippen molar-refractivity contribution < 1.29 is 4.42 Å². The Balaban J connectivity index is 1.14. The lowest BCUT2D eigenvalue weighted by molar-refractivity contribution is 0.332. The van der Waals surface area contributed by atoms with Crippen molar-refractivity contribution in [2.75, 3.05) is 9.71 Å². The van der Waals surface area contributed by atoms with Crippen molar-refractivity contribution in [1.82, 2.24) is 0 Å². The highest BCUT2D eigenvalue weighted by atomic mass is 16.3. The number of hydrogen-bond donors (Lipinski definition) is 0. The number of rotatable bonds is 1. The number of benzene rings is 9. The molecule has 308 valence electrons. The normalized spacial score (nSPS) is 17.1. The van der Waals surface area contributed by atoms with Crippen molar-refractivity contribution in [3.8, 4) is 22.3 Å². The van der Waals surface area contributed by atoms with Crippen LogP contribution in [0.2, 0.25) is 0 Å². The van der Waals surface area contributed by atoms with Crippen molar-refractivity contribution in [3.63, 3.8) is 0 Å². The highest BCUT2D eigenvalue weighted by Gasteiger charge is 2.56. The van der Waals surface area contributed by atoms with E-state index >= 15 is 0 Å². The zero-order chi connectivity index (χ0) is 43.1. The van der Waals surface area contributed by atoms with Crippen LogP contribution >= 0.6 is 0 Å². The molecule has 4 heterocycles. The first kappa shape index (κ1) is 36.1. The van der Waals surface area contributed by atoms with Gasteiger partial charge in [-0.2, -0.15) is 0 Å². The summed E-state index contributed by atoms with van der Waals surface area (Å²) in [4.78, 5) is 5.40. The fourth-order valence-corrected chi connectivity index (χ4v) is 13.6. The molecule has 0 bridgehead atoms. The number of fused-ring (bicyclic) bond motifs is 20. The molecule has 10 aromatic rings. The van der Waals surface area contributed by atoms with Gasteiger partial charge >= 0.3 is 6.85 Å². The second kappa shape index (κ2) is 12.1. The van der Waals surface area contributed by atoms with Crippen LogP contribution in [0.25, 0.3) is 55.0 Å². The number of para-hydroxylation sites is 3.